The highest BCUT2D eigenvalue weighted by Gasteiger charge is 2.31. The highest BCUT2D eigenvalue weighted by Crippen LogP contribution is 2.19. The van der Waals surface area contributed by atoms with Crippen molar-refractivity contribution in [2.45, 2.75) is 6.42 Å². The molecule has 2 aliphatic heterocycles. The van der Waals surface area contributed by atoms with Gasteiger partial charge >= 0.3 is 5.97 Å². The van der Waals surface area contributed by atoms with Gasteiger partial charge in [-0.15, -0.1) is 11.3 Å². The Hall–Kier alpha value is -1.73. The molecule has 1 fully saturated rings. The van der Waals surface area contributed by atoms with Crippen molar-refractivity contribution in [1.29, 1.82) is 0 Å². The monoisotopic (exact) mass is 294 g/mol. The second kappa shape index (κ2) is 5.72. The molecule has 1 saturated heterocycles. The molecule has 0 unspecified atom stereocenters. The zero-order valence-electron chi connectivity index (χ0n) is 10.8. The van der Waals surface area contributed by atoms with Gasteiger partial charge in [0.25, 0.3) is 0 Å². The molecule has 0 N–H and O–H groups in total. The number of esters is 1. The van der Waals surface area contributed by atoms with Crippen LogP contribution in [0.1, 0.15) is 16.1 Å². The van der Waals surface area contributed by atoms with E-state index in [1.54, 1.807) is 16.5 Å². The number of aromatic nitrogens is 1. The molecule has 3 heterocycles. The summed E-state index contributed by atoms with van der Waals surface area (Å²) >= 11 is 1.25. The summed E-state index contributed by atoms with van der Waals surface area (Å²) in [6.45, 7) is 2.11. The van der Waals surface area contributed by atoms with Crippen LogP contribution in [0.2, 0.25) is 0 Å². The molecular formula is C13H14N2O4S. The second-order valence-corrected chi connectivity index (χ2v) is 5.58. The topological polar surface area (TPSA) is 68.7 Å². The van der Waals surface area contributed by atoms with Gasteiger partial charge in [0, 0.05) is 19.5 Å². The van der Waals surface area contributed by atoms with E-state index in [-0.39, 0.29) is 17.8 Å². The summed E-state index contributed by atoms with van der Waals surface area (Å²) < 4.78 is 10.3. The number of hydrogen-bond donors (Lipinski definition) is 0. The third-order valence-corrected chi connectivity index (χ3v) is 4.08. The van der Waals surface area contributed by atoms with E-state index in [1.807, 2.05) is 0 Å². The van der Waals surface area contributed by atoms with Crippen molar-refractivity contribution in [3.8, 4) is 0 Å². The lowest BCUT2D eigenvalue weighted by molar-refractivity contribution is -0.149. The Morgan fingerprint density at radius 3 is 2.85 bits per heavy atom. The number of carbonyl (C=O) groups is 2. The lowest BCUT2D eigenvalue weighted by Gasteiger charge is -2.33. The summed E-state index contributed by atoms with van der Waals surface area (Å²) in [6.07, 6.45) is 3.84. The first kappa shape index (κ1) is 13.3. The first-order chi connectivity index (χ1) is 9.74. The van der Waals surface area contributed by atoms with E-state index in [9.17, 15) is 9.59 Å². The smallest absolute Gasteiger partial charge is 0.355 e. The Morgan fingerprint density at radius 2 is 2.30 bits per heavy atom. The zero-order chi connectivity index (χ0) is 13.9. The third-order valence-electron chi connectivity index (χ3n) is 3.32. The summed E-state index contributed by atoms with van der Waals surface area (Å²) in [4.78, 5) is 29.9. The van der Waals surface area contributed by atoms with Crippen LogP contribution in [0.3, 0.4) is 0 Å². The van der Waals surface area contributed by atoms with Crippen molar-refractivity contribution in [2.75, 3.05) is 26.3 Å². The maximum Gasteiger partial charge on any atom is 0.355 e. The lowest BCUT2D eigenvalue weighted by Crippen LogP contribution is -2.46. The fraction of sp³-hybridized carbons (Fsp3) is 0.462. The van der Waals surface area contributed by atoms with Gasteiger partial charge < -0.3 is 14.4 Å². The van der Waals surface area contributed by atoms with Gasteiger partial charge in [0.2, 0.25) is 5.91 Å². The van der Waals surface area contributed by atoms with Gasteiger partial charge in [-0.3, -0.25) is 9.78 Å². The SMILES string of the molecule is O=C(OC1=CCN(C(=O)C2COC2)CC1)c1cncs1. The predicted octanol–water partition coefficient (Wildman–Crippen LogP) is 1.06. The summed E-state index contributed by atoms with van der Waals surface area (Å²) in [5.41, 5.74) is 1.59. The quantitative estimate of drug-likeness (QED) is 0.780. The minimum atomic E-state index is -0.383. The number of nitrogens with zero attached hydrogens (tertiary/aromatic N) is 2. The van der Waals surface area contributed by atoms with E-state index in [1.165, 1.54) is 17.5 Å². The third kappa shape index (κ3) is 2.73. The van der Waals surface area contributed by atoms with E-state index in [0.29, 0.717) is 43.4 Å². The summed E-state index contributed by atoms with van der Waals surface area (Å²) in [5, 5.41) is 0. The first-order valence-corrected chi connectivity index (χ1v) is 7.28. The number of thiazole rings is 1. The van der Waals surface area contributed by atoms with Gasteiger partial charge in [-0.1, -0.05) is 0 Å². The molecule has 2 aliphatic rings. The molecule has 0 radical (unpaired) electrons. The van der Waals surface area contributed by atoms with Crippen LogP contribution in [0.25, 0.3) is 0 Å². The van der Waals surface area contributed by atoms with Crippen LogP contribution < -0.4 is 0 Å². The van der Waals surface area contributed by atoms with E-state index < -0.39 is 0 Å². The van der Waals surface area contributed by atoms with Gasteiger partial charge in [0.05, 0.1) is 30.8 Å². The largest absolute Gasteiger partial charge is 0.427 e. The zero-order valence-corrected chi connectivity index (χ0v) is 11.6. The maximum atomic E-state index is 12.0. The Balaban J connectivity index is 1.54. The first-order valence-electron chi connectivity index (χ1n) is 6.40. The molecule has 20 heavy (non-hydrogen) atoms. The minimum Gasteiger partial charge on any atom is -0.427 e. The van der Waals surface area contributed by atoms with Crippen LogP contribution in [-0.2, 0) is 14.3 Å². The number of hydrogen-bond acceptors (Lipinski definition) is 6. The van der Waals surface area contributed by atoms with Crippen molar-refractivity contribution in [3.63, 3.8) is 0 Å². The van der Waals surface area contributed by atoms with Crippen molar-refractivity contribution in [3.05, 3.63) is 28.4 Å². The fourth-order valence-corrected chi connectivity index (χ4v) is 2.56. The molecule has 7 heteroatoms. The van der Waals surface area contributed by atoms with Gasteiger partial charge in [0.15, 0.2) is 0 Å². The van der Waals surface area contributed by atoms with Gasteiger partial charge in [-0.25, -0.2) is 4.79 Å². The standard InChI is InChI=1S/C13H14N2O4S/c16-12(9-6-18-7-9)15-3-1-10(2-4-15)19-13(17)11-5-14-8-20-11/h1,5,8-9H,2-4,6-7H2. The van der Waals surface area contributed by atoms with Crippen LogP contribution in [0, 0.1) is 5.92 Å². The average molecular weight is 294 g/mol. The Labute approximate surface area is 120 Å². The molecule has 1 amide bonds. The highest BCUT2D eigenvalue weighted by molar-refractivity contribution is 7.11. The molecule has 6 nitrogen and oxygen atoms in total. The van der Waals surface area contributed by atoms with E-state index >= 15 is 0 Å². The van der Waals surface area contributed by atoms with Gasteiger partial charge in [-0.05, 0) is 6.08 Å². The Morgan fingerprint density at radius 1 is 1.45 bits per heavy atom. The highest BCUT2D eigenvalue weighted by atomic mass is 32.1. The number of ether oxygens (including phenoxy) is 2. The minimum absolute atomic E-state index is 0.00435. The van der Waals surface area contributed by atoms with Crippen LogP contribution >= 0.6 is 11.3 Å². The summed E-state index contributed by atoms with van der Waals surface area (Å²) in [7, 11) is 0. The maximum absolute atomic E-state index is 12.0. The normalized spacial score (nSPS) is 19.2. The van der Waals surface area contributed by atoms with Crippen molar-refractivity contribution >= 4 is 23.2 Å². The van der Waals surface area contributed by atoms with Crippen LogP contribution in [0.4, 0.5) is 0 Å². The molecule has 1 aromatic rings. The fourth-order valence-electron chi connectivity index (χ4n) is 2.07. The number of rotatable bonds is 3. The predicted molar refractivity (Wildman–Crippen MR) is 71.1 cm³/mol. The molecule has 0 bridgehead atoms. The van der Waals surface area contributed by atoms with Gasteiger partial charge in [0.1, 0.15) is 10.6 Å². The number of amides is 1. The van der Waals surface area contributed by atoms with E-state index in [2.05, 4.69) is 4.98 Å². The van der Waals surface area contributed by atoms with Gasteiger partial charge in [-0.2, -0.15) is 0 Å². The lowest BCUT2D eigenvalue weighted by atomic mass is 10.1. The molecule has 0 atom stereocenters. The van der Waals surface area contributed by atoms with Crippen molar-refractivity contribution in [2.24, 2.45) is 5.92 Å². The number of carbonyl (C=O) groups excluding carboxylic acids is 2. The molecule has 1 aromatic heterocycles. The van der Waals surface area contributed by atoms with E-state index in [0.717, 1.165) is 0 Å². The average Bonchev–Trinajstić information content (AvgIpc) is 2.91. The van der Waals surface area contributed by atoms with Crippen molar-refractivity contribution in [1.82, 2.24) is 9.88 Å². The summed E-state index contributed by atoms with van der Waals surface area (Å²) in [5.74, 6) is 0.369. The van der Waals surface area contributed by atoms with Crippen LogP contribution in [-0.4, -0.2) is 48.1 Å². The van der Waals surface area contributed by atoms with E-state index in [4.69, 9.17) is 9.47 Å². The molecule has 3 rings (SSSR count). The van der Waals surface area contributed by atoms with Crippen molar-refractivity contribution < 1.29 is 19.1 Å². The van der Waals surface area contributed by atoms with Crippen LogP contribution in [0.15, 0.2) is 23.5 Å². The Bertz CT molecular complexity index is 537. The molecule has 0 saturated carbocycles. The molecule has 0 aromatic carbocycles. The second-order valence-electron chi connectivity index (χ2n) is 4.69. The molecular weight excluding hydrogens is 280 g/mol. The van der Waals surface area contributed by atoms with Crippen LogP contribution in [0.5, 0.6) is 0 Å². The molecule has 106 valence electrons. The molecule has 0 spiro atoms. The Kier molecular flexibility index (Phi) is 3.79. The molecule has 0 aliphatic carbocycles. The summed E-state index contributed by atoms with van der Waals surface area (Å²) in [6, 6.07) is 0.